The first-order valence-corrected chi connectivity index (χ1v) is 8.36. The molecule has 1 saturated heterocycles. The van der Waals surface area contributed by atoms with Gasteiger partial charge in [0.15, 0.2) is 0 Å². The molecule has 0 bridgehead atoms. The number of para-hydroxylation sites is 1. The van der Waals surface area contributed by atoms with Crippen LogP contribution in [-0.4, -0.2) is 28.7 Å². The molecule has 0 saturated carbocycles. The van der Waals surface area contributed by atoms with Crippen molar-refractivity contribution in [3.05, 3.63) is 40.9 Å². The number of hydrogen-bond acceptors (Lipinski definition) is 5. The molecular formula is C16H22N4S. The number of nitrogens with one attached hydrogen (secondary N) is 1. The van der Waals surface area contributed by atoms with Crippen molar-refractivity contribution in [2.24, 2.45) is 0 Å². The van der Waals surface area contributed by atoms with Gasteiger partial charge in [0, 0.05) is 31.4 Å². The molecular weight excluding hydrogens is 280 g/mol. The quantitative estimate of drug-likeness (QED) is 0.922. The van der Waals surface area contributed by atoms with Gasteiger partial charge in [-0.25, -0.2) is 0 Å². The predicted molar refractivity (Wildman–Crippen MR) is 87.9 cm³/mol. The number of anilines is 1. The van der Waals surface area contributed by atoms with E-state index in [0.717, 1.165) is 25.3 Å². The summed E-state index contributed by atoms with van der Waals surface area (Å²) in [5, 5.41) is 7.91. The van der Waals surface area contributed by atoms with Crippen LogP contribution in [-0.2, 0) is 6.54 Å². The van der Waals surface area contributed by atoms with E-state index in [9.17, 15) is 0 Å². The Balaban J connectivity index is 1.54. The van der Waals surface area contributed by atoms with Crippen LogP contribution in [0.2, 0.25) is 0 Å². The Morgan fingerprint density at radius 2 is 2.14 bits per heavy atom. The first-order valence-electron chi connectivity index (χ1n) is 7.58. The van der Waals surface area contributed by atoms with E-state index < -0.39 is 0 Å². The lowest BCUT2D eigenvalue weighted by molar-refractivity contribution is 0.551. The summed E-state index contributed by atoms with van der Waals surface area (Å²) in [5.41, 5.74) is 2.47. The molecule has 1 aliphatic heterocycles. The minimum absolute atomic E-state index is 0.449. The molecule has 0 radical (unpaired) electrons. The summed E-state index contributed by atoms with van der Waals surface area (Å²) < 4.78 is 4.09. The SMILES string of the molecule is CC(C)c1nnsc1CNC1CCN(c2ccccc2)C1. The van der Waals surface area contributed by atoms with E-state index in [-0.39, 0.29) is 0 Å². The molecule has 4 nitrogen and oxygen atoms in total. The van der Waals surface area contributed by atoms with Crippen LogP contribution in [0, 0.1) is 0 Å². The molecule has 2 heterocycles. The van der Waals surface area contributed by atoms with E-state index in [1.54, 1.807) is 0 Å². The van der Waals surface area contributed by atoms with Crippen molar-refractivity contribution in [3.63, 3.8) is 0 Å². The number of aromatic nitrogens is 2. The summed E-state index contributed by atoms with van der Waals surface area (Å²) in [4.78, 5) is 3.73. The van der Waals surface area contributed by atoms with Crippen molar-refractivity contribution in [1.82, 2.24) is 14.9 Å². The Morgan fingerprint density at radius 1 is 1.33 bits per heavy atom. The van der Waals surface area contributed by atoms with Crippen molar-refractivity contribution >= 4 is 17.2 Å². The molecule has 21 heavy (non-hydrogen) atoms. The third-order valence-electron chi connectivity index (χ3n) is 3.99. The van der Waals surface area contributed by atoms with E-state index in [0.29, 0.717) is 12.0 Å². The molecule has 2 aromatic rings. The van der Waals surface area contributed by atoms with Crippen LogP contribution in [0.1, 0.15) is 36.8 Å². The standard InChI is InChI=1S/C16H22N4S/c1-12(2)16-15(21-19-18-16)10-17-13-8-9-20(11-13)14-6-4-3-5-7-14/h3-7,12-13,17H,8-11H2,1-2H3. The minimum atomic E-state index is 0.449. The minimum Gasteiger partial charge on any atom is -0.370 e. The summed E-state index contributed by atoms with van der Waals surface area (Å²) in [6, 6.07) is 11.2. The largest absolute Gasteiger partial charge is 0.370 e. The number of hydrogen-bond donors (Lipinski definition) is 1. The molecule has 1 fully saturated rings. The fraction of sp³-hybridized carbons (Fsp3) is 0.500. The van der Waals surface area contributed by atoms with E-state index in [4.69, 9.17) is 0 Å². The zero-order valence-corrected chi connectivity index (χ0v) is 13.4. The highest BCUT2D eigenvalue weighted by Gasteiger charge is 2.23. The summed E-state index contributed by atoms with van der Waals surface area (Å²) in [5.74, 6) is 0.449. The van der Waals surface area contributed by atoms with Gasteiger partial charge < -0.3 is 10.2 Å². The Labute approximate surface area is 130 Å². The Bertz CT molecular complexity index is 567. The van der Waals surface area contributed by atoms with Crippen LogP contribution < -0.4 is 10.2 Å². The zero-order chi connectivity index (χ0) is 14.7. The lowest BCUT2D eigenvalue weighted by Crippen LogP contribution is -2.32. The molecule has 112 valence electrons. The maximum absolute atomic E-state index is 4.24. The molecule has 0 aliphatic carbocycles. The highest BCUT2D eigenvalue weighted by molar-refractivity contribution is 7.05. The van der Waals surface area contributed by atoms with Gasteiger partial charge in [-0.05, 0) is 36.0 Å². The molecule has 1 unspecified atom stereocenters. The number of nitrogens with zero attached hydrogens (tertiary/aromatic N) is 3. The Kier molecular flexibility index (Phi) is 4.51. The second-order valence-corrected chi connectivity index (χ2v) is 6.72. The molecule has 1 atom stereocenters. The van der Waals surface area contributed by atoms with Crippen molar-refractivity contribution in [2.45, 2.75) is 38.8 Å². The van der Waals surface area contributed by atoms with E-state index in [1.807, 2.05) is 0 Å². The van der Waals surface area contributed by atoms with Crippen molar-refractivity contribution in [3.8, 4) is 0 Å². The highest BCUT2D eigenvalue weighted by atomic mass is 32.1. The van der Waals surface area contributed by atoms with Gasteiger partial charge in [-0.3, -0.25) is 0 Å². The van der Waals surface area contributed by atoms with Gasteiger partial charge in [0.1, 0.15) is 0 Å². The molecule has 3 rings (SSSR count). The Morgan fingerprint density at radius 3 is 2.90 bits per heavy atom. The third kappa shape index (κ3) is 3.41. The molecule has 1 aromatic carbocycles. The van der Waals surface area contributed by atoms with Crippen LogP contribution in [0.15, 0.2) is 30.3 Å². The van der Waals surface area contributed by atoms with E-state index in [2.05, 4.69) is 64.0 Å². The third-order valence-corrected chi connectivity index (χ3v) is 4.73. The average molecular weight is 302 g/mol. The van der Waals surface area contributed by atoms with Gasteiger partial charge in [0.25, 0.3) is 0 Å². The number of benzene rings is 1. The molecule has 0 spiro atoms. The van der Waals surface area contributed by atoms with Gasteiger partial charge in [0.05, 0.1) is 10.6 Å². The normalized spacial score (nSPS) is 18.6. The fourth-order valence-electron chi connectivity index (χ4n) is 2.81. The second-order valence-electron chi connectivity index (χ2n) is 5.88. The maximum Gasteiger partial charge on any atom is 0.0826 e. The van der Waals surface area contributed by atoms with E-state index >= 15 is 0 Å². The topological polar surface area (TPSA) is 41.1 Å². The summed E-state index contributed by atoms with van der Waals surface area (Å²) in [6.45, 7) is 7.44. The van der Waals surface area contributed by atoms with Gasteiger partial charge >= 0.3 is 0 Å². The van der Waals surface area contributed by atoms with Crippen LogP contribution in [0.25, 0.3) is 0 Å². The van der Waals surface area contributed by atoms with Crippen molar-refractivity contribution in [1.29, 1.82) is 0 Å². The number of rotatable bonds is 5. The van der Waals surface area contributed by atoms with Gasteiger partial charge in [0.2, 0.25) is 0 Å². The second kappa shape index (κ2) is 6.54. The lowest BCUT2D eigenvalue weighted by Gasteiger charge is -2.19. The maximum atomic E-state index is 4.24. The molecule has 1 N–H and O–H groups in total. The molecule has 5 heteroatoms. The average Bonchev–Trinajstić information content (AvgIpc) is 3.15. The van der Waals surface area contributed by atoms with Crippen LogP contribution in [0.3, 0.4) is 0 Å². The summed E-state index contributed by atoms with van der Waals surface area (Å²) in [7, 11) is 0. The molecule has 0 amide bonds. The molecule has 1 aliphatic rings. The van der Waals surface area contributed by atoms with Gasteiger partial charge in [-0.1, -0.05) is 36.5 Å². The Hall–Kier alpha value is -1.46. The van der Waals surface area contributed by atoms with E-state index in [1.165, 1.54) is 28.5 Å². The summed E-state index contributed by atoms with van der Waals surface area (Å²) in [6.07, 6.45) is 1.19. The van der Waals surface area contributed by atoms with Crippen LogP contribution in [0.4, 0.5) is 5.69 Å². The van der Waals surface area contributed by atoms with Crippen molar-refractivity contribution in [2.75, 3.05) is 18.0 Å². The zero-order valence-electron chi connectivity index (χ0n) is 12.6. The summed E-state index contributed by atoms with van der Waals surface area (Å²) >= 11 is 1.52. The van der Waals surface area contributed by atoms with Crippen LogP contribution >= 0.6 is 11.5 Å². The lowest BCUT2D eigenvalue weighted by atomic mass is 10.1. The van der Waals surface area contributed by atoms with Gasteiger partial charge in [-0.2, -0.15) is 0 Å². The highest BCUT2D eigenvalue weighted by Crippen LogP contribution is 2.22. The monoisotopic (exact) mass is 302 g/mol. The first-order chi connectivity index (χ1) is 10.2. The van der Waals surface area contributed by atoms with Crippen molar-refractivity contribution < 1.29 is 0 Å². The van der Waals surface area contributed by atoms with Gasteiger partial charge in [-0.15, -0.1) is 5.10 Å². The first kappa shape index (κ1) is 14.5. The fourth-order valence-corrected chi connectivity index (χ4v) is 3.56. The molecule has 1 aromatic heterocycles. The predicted octanol–water partition coefficient (Wildman–Crippen LogP) is 3.03. The van der Waals surface area contributed by atoms with Crippen LogP contribution in [0.5, 0.6) is 0 Å². The smallest absolute Gasteiger partial charge is 0.0826 e.